The average Bonchev–Trinajstić information content (AvgIpc) is 2.49. The minimum atomic E-state index is -3.54. The van der Waals surface area contributed by atoms with E-state index < -0.39 is 16.0 Å². The summed E-state index contributed by atoms with van der Waals surface area (Å²) in [7, 11) is -2.26. The van der Waals surface area contributed by atoms with Gasteiger partial charge in [-0.2, -0.15) is 4.31 Å². The molecule has 1 fully saturated rings. The molecule has 7 heteroatoms. The molecule has 1 saturated heterocycles. The first kappa shape index (κ1) is 15.9. The summed E-state index contributed by atoms with van der Waals surface area (Å²) < 4.78 is 31.2. The first-order valence-electron chi connectivity index (χ1n) is 6.80. The molecule has 1 aromatic rings. The summed E-state index contributed by atoms with van der Waals surface area (Å²) in [6, 6.07) is 5.81. The molecule has 1 heterocycles. The van der Waals surface area contributed by atoms with Gasteiger partial charge in [0.15, 0.2) is 0 Å². The average molecular weight is 312 g/mol. The Morgan fingerprint density at radius 2 is 1.95 bits per heavy atom. The van der Waals surface area contributed by atoms with E-state index in [1.807, 2.05) is 6.92 Å². The highest BCUT2D eigenvalue weighted by Gasteiger charge is 2.31. The highest BCUT2D eigenvalue weighted by atomic mass is 32.2. The van der Waals surface area contributed by atoms with Gasteiger partial charge < -0.3 is 10.5 Å². The van der Waals surface area contributed by atoms with Gasteiger partial charge in [-0.1, -0.05) is 6.92 Å². The van der Waals surface area contributed by atoms with E-state index in [-0.39, 0.29) is 16.9 Å². The fraction of sp³-hybridized carbons (Fsp3) is 0.500. The third kappa shape index (κ3) is 3.25. The first-order chi connectivity index (χ1) is 9.86. The van der Waals surface area contributed by atoms with Gasteiger partial charge in [-0.3, -0.25) is 0 Å². The van der Waals surface area contributed by atoms with Crippen LogP contribution in [0.4, 0.5) is 0 Å². The van der Waals surface area contributed by atoms with Crippen molar-refractivity contribution in [1.82, 2.24) is 4.31 Å². The summed E-state index contributed by atoms with van der Waals surface area (Å²) in [4.78, 5) is 11.5. The third-order valence-corrected chi connectivity index (χ3v) is 5.73. The lowest BCUT2D eigenvalue weighted by atomic mass is 9.96. The van der Waals surface area contributed by atoms with Crippen molar-refractivity contribution in [1.29, 1.82) is 0 Å². The largest absolute Gasteiger partial charge is 0.465 e. The predicted octanol–water partition coefficient (Wildman–Crippen LogP) is 0.831. The summed E-state index contributed by atoms with van der Waals surface area (Å²) in [6.45, 7) is 2.79. The van der Waals surface area contributed by atoms with E-state index in [9.17, 15) is 13.2 Å². The zero-order valence-corrected chi connectivity index (χ0v) is 13.0. The maximum absolute atomic E-state index is 12.6. The molecule has 2 rings (SSSR count). The fourth-order valence-electron chi connectivity index (χ4n) is 2.37. The second-order valence-electron chi connectivity index (χ2n) is 5.31. The van der Waals surface area contributed by atoms with E-state index in [2.05, 4.69) is 4.74 Å². The van der Waals surface area contributed by atoms with E-state index in [0.29, 0.717) is 25.1 Å². The summed E-state index contributed by atoms with van der Waals surface area (Å²) in [5.41, 5.74) is 6.24. The number of carbonyl (C=O) groups is 1. The number of methoxy groups -OCH3 is 1. The van der Waals surface area contributed by atoms with Crippen molar-refractivity contribution in [2.24, 2.45) is 11.7 Å². The summed E-state index contributed by atoms with van der Waals surface area (Å²) in [5.74, 6) is -0.362. The SMILES string of the molecule is COC(=O)c1ccc(S(=O)(=O)N2CCC(N)C(C)C2)cc1. The number of nitrogens with two attached hydrogens (primary N) is 1. The summed E-state index contributed by atoms with van der Waals surface area (Å²) >= 11 is 0. The van der Waals surface area contributed by atoms with Crippen LogP contribution in [0.2, 0.25) is 0 Å². The van der Waals surface area contributed by atoms with Crippen molar-refractivity contribution in [2.45, 2.75) is 24.3 Å². The number of piperidine rings is 1. The van der Waals surface area contributed by atoms with Crippen LogP contribution in [-0.2, 0) is 14.8 Å². The molecule has 2 N–H and O–H groups in total. The number of sulfonamides is 1. The zero-order chi connectivity index (χ0) is 15.6. The molecule has 0 amide bonds. The lowest BCUT2D eigenvalue weighted by Gasteiger charge is -2.34. The van der Waals surface area contributed by atoms with Gasteiger partial charge in [0, 0.05) is 19.1 Å². The van der Waals surface area contributed by atoms with Crippen molar-refractivity contribution >= 4 is 16.0 Å². The highest BCUT2D eigenvalue weighted by Crippen LogP contribution is 2.23. The van der Waals surface area contributed by atoms with Crippen molar-refractivity contribution in [2.75, 3.05) is 20.2 Å². The molecule has 1 aliphatic heterocycles. The summed E-state index contributed by atoms with van der Waals surface area (Å²) in [5, 5.41) is 0. The molecule has 0 aromatic heterocycles. The van der Waals surface area contributed by atoms with Gasteiger partial charge >= 0.3 is 5.97 Å². The Labute approximate surface area is 124 Å². The molecule has 21 heavy (non-hydrogen) atoms. The molecule has 0 saturated carbocycles. The molecule has 0 bridgehead atoms. The van der Waals surface area contributed by atoms with Crippen LogP contribution in [0.1, 0.15) is 23.7 Å². The second kappa shape index (κ2) is 6.13. The van der Waals surface area contributed by atoms with Gasteiger partial charge in [0.25, 0.3) is 0 Å². The van der Waals surface area contributed by atoms with Gasteiger partial charge in [0.05, 0.1) is 17.6 Å². The number of hydrogen-bond acceptors (Lipinski definition) is 5. The Bertz CT molecular complexity index is 612. The zero-order valence-electron chi connectivity index (χ0n) is 12.2. The van der Waals surface area contributed by atoms with E-state index in [0.717, 1.165) is 0 Å². The lowest BCUT2D eigenvalue weighted by Crippen LogP contribution is -2.48. The van der Waals surface area contributed by atoms with E-state index in [1.165, 1.54) is 35.7 Å². The monoisotopic (exact) mass is 312 g/mol. The fourth-order valence-corrected chi connectivity index (χ4v) is 3.93. The maximum Gasteiger partial charge on any atom is 0.337 e. The van der Waals surface area contributed by atoms with E-state index in [1.54, 1.807) is 0 Å². The van der Waals surface area contributed by atoms with Crippen molar-refractivity contribution in [3.63, 3.8) is 0 Å². The Kier molecular flexibility index (Phi) is 4.65. The topological polar surface area (TPSA) is 89.7 Å². The Morgan fingerprint density at radius 1 is 1.33 bits per heavy atom. The van der Waals surface area contributed by atoms with Crippen LogP contribution < -0.4 is 5.73 Å². The number of esters is 1. The van der Waals surface area contributed by atoms with Crippen molar-refractivity contribution < 1.29 is 17.9 Å². The predicted molar refractivity (Wildman–Crippen MR) is 78.3 cm³/mol. The molecular formula is C14H20N2O4S. The molecule has 0 aliphatic carbocycles. The quantitative estimate of drug-likeness (QED) is 0.835. The second-order valence-corrected chi connectivity index (χ2v) is 7.25. The number of nitrogens with zero attached hydrogens (tertiary/aromatic N) is 1. The maximum atomic E-state index is 12.6. The van der Waals surface area contributed by atoms with Gasteiger partial charge in [-0.25, -0.2) is 13.2 Å². The molecule has 116 valence electrons. The molecule has 0 radical (unpaired) electrons. The van der Waals surface area contributed by atoms with Crippen LogP contribution in [0.25, 0.3) is 0 Å². The normalized spacial score (nSPS) is 23.8. The smallest absolute Gasteiger partial charge is 0.337 e. The first-order valence-corrected chi connectivity index (χ1v) is 8.24. The van der Waals surface area contributed by atoms with Crippen LogP contribution in [0.15, 0.2) is 29.2 Å². The number of carbonyl (C=O) groups excluding carboxylic acids is 1. The minimum Gasteiger partial charge on any atom is -0.465 e. The molecule has 6 nitrogen and oxygen atoms in total. The van der Waals surface area contributed by atoms with Crippen LogP contribution >= 0.6 is 0 Å². The van der Waals surface area contributed by atoms with Gasteiger partial charge in [-0.15, -0.1) is 0 Å². The molecular weight excluding hydrogens is 292 g/mol. The summed E-state index contributed by atoms with van der Waals surface area (Å²) in [6.07, 6.45) is 0.653. The highest BCUT2D eigenvalue weighted by molar-refractivity contribution is 7.89. The van der Waals surface area contributed by atoms with Crippen LogP contribution in [0, 0.1) is 5.92 Å². The third-order valence-electron chi connectivity index (χ3n) is 3.85. The molecule has 1 aromatic carbocycles. The lowest BCUT2D eigenvalue weighted by molar-refractivity contribution is 0.0600. The van der Waals surface area contributed by atoms with Crippen LogP contribution in [-0.4, -0.2) is 44.9 Å². The minimum absolute atomic E-state index is 0.0400. The standard InChI is InChI=1S/C14H20N2O4S/c1-10-9-16(8-7-13(10)15)21(18,19)12-5-3-11(4-6-12)14(17)20-2/h3-6,10,13H,7-9,15H2,1-2H3. The Hall–Kier alpha value is -1.44. The van der Waals surface area contributed by atoms with Crippen LogP contribution in [0.5, 0.6) is 0 Å². The molecule has 2 unspecified atom stereocenters. The number of benzene rings is 1. The molecule has 2 atom stereocenters. The molecule has 0 spiro atoms. The van der Waals surface area contributed by atoms with Gasteiger partial charge in [0.1, 0.15) is 0 Å². The van der Waals surface area contributed by atoms with E-state index >= 15 is 0 Å². The van der Waals surface area contributed by atoms with Gasteiger partial charge in [0.2, 0.25) is 10.0 Å². The Morgan fingerprint density at radius 3 is 2.48 bits per heavy atom. The van der Waals surface area contributed by atoms with E-state index in [4.69, 9.17) is 5.73 Å². The van der Waals surface area contributed by atoms with Crippen molar-refractivity contribution in [3.05, 3.63) is 29.8 Å². The number of hydrogen-bond donors (Lipinski definition) is 1. The molecule has 1 aliphatic rings. The van der Waals surface area contributed by atoms with Crippen molar-refractivity contribution in [3.8, 4) is 0 Å². The van der Waals surface area contributed by atoms with Gasteiger partial charge in [-0.05, 0) is 36.6 Å². The number of ether oxygens (including phenoxy) is 1. The number of rotatable bonds is 3. The van der Waals surface area contributed by atoms with Crippen LogP contribution in [0.3, 0.4) is 0 Å². The Balaban J connectivity index is 2.22.